The first kappa shape index (κ1) is 19.9. The van der Waals surface area contributed by atoms with E-state index in [2.05, 4.69) is 40.3 Å². The minimum absolute atomic E-state index is 0.0697. The average Bonchev–Trinajstić information content (AvgIpc) is 3.34. The van der Waals surface area contributed by atoms with Crippen LogP contribution in [-0.2, 0) is 4.79 Å². The van der Waals surface area contributed by atoms with Crippen LogP contribution >= 0.6 is 0 Å². The van der Waals surface area contributed by atoms with Gasteiger partial charge in [0.25, 0.3) is 0 Å². The van der Waals surface area contributed by atoms with E-state index in [9.17, 15) is 4.79 Å². The Bertz CT molecular complexity index is 1090. The van der Waals surface area contributed by atoms with Crippen LogP contribution in [0, 0.1) is 6.92 Å². The highest BCUT2D eigenvalue weighted by Gasteiger charge is 2.27. The summed E-state index contributed by atoms with van der Waals surface area (Å²) in [6.07, 6.45) is 5.56. The number of aryl methyl sites for hydroxylation is 1. The van der Waals surface area contributed by atoms with Crippen LogP contribution < -0.4 is 10.1 Å². The van der Waals surface area contributed by atoms with Crippen LogP contribution in [0.3, 0.4) is 0 Å². The number of aromatic nitrogens is 4. The normalized spacial score (nSPS) is 16.3. The molecule has 3 aromatic rings. The minimum atomic E-state index is -0.108. The second-order valence-corrected chi connectivity index (χ2v) is 7.75. The van der Waals surface area contributed by atoms with Gasteiger partial charge in [0.1, 0.15) is 24.1 Å². The second-order valence-electron chi connectivity index (χ2n) is 7.75. The van der Waals surface area contributed by atoms with Crippen molar-refractivity contribution in [1.29, 1.82) is 0 Å². The van der Waals surface area contributed by atoms with Gasteiger partial charge in [-0.2, -0.15) is 4.98 Å². The fourth-order valence-electron chi connectivity index (χ4n) is 3.69. The van der Waals surface area contributed by atoms with E-state index in [1.54, 1.807) is 4.90 Å². The van der Waals surface area contributed by atoms with Crippen molar-refractivity contribution in [2.45, 2.75) is 39.3 Å². The molecule has 3 aromatic heterocycles. The number of carbonyl (C=O) groups is 1. The van der Waals surface area contributed by atoms with Crippen LogP contribution in [0.5, 0.6) is 5.88 Å². The Hall–Kier alpha value is -3.42. The topological polar surface area (TPSA) is 85.2 Å². The molecule has 0 bridgehead atoms. The van der Waals surface area contributed by atoms with E-state index in [0.29, 0.717) is 36.6 Å². The Morgan fingerprint density at radius 3 is 2.90 bits per heavy atom. The van der Waals surface area contributed by atoms with Gasteiger partial charge in [-0.25, -0.2) is 9.97 Å². The number of nitrogens with zero attached hydrogens (tertiary/aromatic N) is 5. The predicted molar refractivity (Wildman–Crippen MR) is 116 cm³/mol. The Kier molecular flexibility index (Phi) is 5.39. The number of hydrogen-bond acceptors (Lipinski definition) is 6. The third kappa shape index (κ3) is 3.98. The SMILES string of the molecule is C=CC(=O)N1CC[C@H](Oc2nc(Nc3cc(C)ncn3)cc3c2ccn3C(C)C)C1. The Labute approximate surface area is 175 Å². The Balaban J connectivity index is 1.67. The summed E-state index contributed by atoms with van der Waals surface area (Å²) < 4.78 is 8.47. The third-order valence-corrected chi connectivity index (χ3v) is 5.21. The zero-order valence-corrected chi connectivity index (χ0v) is 17.5. The number of anilines is 2. The summed E-state index contributed by atoms with van der Waals surface area (Å²) in [6, 6.07) is 6.18. The fraction of sp³-hybridized carbons (Fsp3) is 0.364. The molecule has 0 saturated carbocycles. The molecule has 0 aliphatic carbocycles. The lowest BCUT2D eigenvalue weighted by atomic mass is 10.2. The number of likely N-dealkylation sites (tertiary alicyclic amines) is 1. The van der Waals surface area contributed by atoms with E-state index in [1.807, 2.05) is 31.3 Å². The maximum atomic E-state index is 11.9. The van der Waals surface area contributed by atoms with Gasteiger partial charge in [0.05, 0.1) is 17.4 Å². The summed E-state index contributed by atoms with van der Waals surface area (Å²) in [7, 11) is 0. The summed E-state index contributed by atoms with van der Waals surface area (Å²) in [5.41, 5.74) is 1.90. The lowest BCUT2D eigenvalue weighted by Crippen LogP contribution is -2.29. The van der Waals surface area contributed by atoms with E-state index in [1.165, 1.54) is 12.4 Å². The summed E-state index contributed by atoms with van der Waals surface area (Å²) in [6.45, 7) is 10.9. The first-order valence-electron chi connectivity index (χ1n) is 10.1. The second kappa shape index (κ2) is 8.14. The van der Waals surface area contributed by atoms with Crippen molar-refractivity contribution < 1.29 is 9.53 Å². The maximum absolute atomic E-state index is 11.9. The maximum Gasteiger partial charge on any atom is 0.246 e. The van der Waals surface area contributed by atoms with Gasteiger partial charge >= 0.3 is 0 Å². The third-order valence-electron chi connectivity index (χ3n) is 5.21. The molecule has 1 N–H and O–H groups in total. The first-order chi connectivity index (χ1) is 14.4. The highest BCUT2D eigenvalue weighted by molar-refractivity contribution is 5.88. The van der Waals surface area contributed by atoms with Crippen molar-refractivity contribution >= 4 is 28.4 Å². The smallest absolute Gasteiger partial charge is 0.246 e. The van der Waals surface area contributed by atoms with Crippen molar-refractivity contribution in [2.24, 2.45) is 0 Å². The highest BCUT2D eigenvalue weighted by Crippen LogP contribution is 2.32. The van der Waals surface area contributed by atoms with Gasteiger partial charge in [-0.1, -0.05) is 6.58 Å². The molecule has 1 fully saturated rings. The monoisotopic (exact) mass is 406 g/mol. The lowest BCUT2D eigenvalue weighted by Gasteiger charge is -2.17. The zero-order chi connectivity index (χ0) is 21.3. The van der Waals surface area contributed by atoms with Crippen LogP contribution in [0.25, 0.3) is 10.9 Å². The summed E-state index contributed by atoms with van der Waals surface area (Å²) >= 11 is 0. The molecule has 30 heavy (non-hydrogen) atoms. The number of fused-ring (bicyclic) bond motifs is 1. The number of amides is 1. The van der Waals surface area contributed by atoms with Gasteiger partial charge in [0.2, 0.25) is 11.8 Å². The molecule has 4 rings (SSSR count). The summed E-state index contributed by atoms with van der Waals surface area (Å²) in [5.74, 6) is 1.80. The van der Waals surface area contributed by atoms with E-state index in [-0.39, 0.29) is 12.0 Å². The van der Waals surface area contributed by atoms with Crippen molar-refractivity contribution in [1.82, 2.24) is 24.4 Å². The average molecular weight is 406 g/mol. The largest absolute Gasteiger partial charge is 0.472 e. The number of rotatable bonds is 6. The minimum Gasteiger partial charge on any atom is -0.472 e. The van der Waals surface area contributed by atoms with Gasteiger partial charge in [-0.05, 0) is 32.9 Å². The molecule has 0 radical (unpaired) electrons. The van der Waals surface area contributed by atoms with Crippen molar-refractivity contribution in [3.05, 3.63) is 49.1 Å². The van der Waals surface area contributed by atoms with Gasteiger partial charge < -0.3 is 19.5 Å². The van der Waals surface area contributed by atoms with Gasteiger partial charge in [-0.3, -0.25) is 4.79 Å². The number of ether oxygens (including phenoxy) is 1. The van der Waals surface area contributed by atoms with Gasteiger partial charge in [-0.15, -0.1) is 0 Å². The summed E-state index contributed by atoms with van der Waals surface area (Å²) in [5, 5.41) is 4.21. The molecule has 1 atom stereocenters. The molecule has 1 aliphatic heterocycles. The van der Waals surface area contributed by atoms with Crippen LogP contribution in [0.1, 0.15) is 32.0 Å². The highest BCUT2D eigenvalue weighted by atomic mass is 16.5. The number of carbonyl (C=O) groups excluding carboxylic acids is 1. The van der Waals surface area contributed by atoms with Crippen molar-refractivity contribution in [3.8, 4) is 5.88 Å². The van der Waals surface area contributed by atoms with Crippen molar-refractivity contribution in [3.63, 3.8) is 0 Å². The van der Waals surface area contributed by atoms with E-state index in [0.717, 1.165) is 23.0 Å². The molecule has 4 heterocycles. The van der Waals surface area contributed by atoms with Crippen molar-refractivity contribution in [2.75, 3.05) is 18.4 Å². The molecular formula is C22H26N6O2. The van der Waals surface area contributed by atoms with Gasteiger partial charge in [0, 0.05) is 43.0 Å². The number of hydrogen-bond donors (Lipinski definition) is 1. The predicted octanol–water partition coefficient (Wildman–Crippen LogP) is 3.62. The molecule has 1 amide bonds. The molecule has 0 spiro atoms. The molecule has 156 valence electrons. The van der Waals surface area contributed by atoms with Crippen LogP contribution in [0.4, 0.5) is 11.6 Å². The lowest BCUT2D eigenvalue weighted by molar-refractivity contribution is -0.125. The molecular weight excluding hydrogens is 380 g/mol. The number of nitrogens with one attached hydrogen (secondary N) is 1. The Morgan fingerprint density at radius 2 is 2.17 bits per heavy atom. The van der Waals surface area contributed by atoms with Crippen LogP contribution in [-0.4, -0.2) is 49.5 Å². The van der Waals surface area contributed by atoms with Gasteiger partial charge in [0.15, 0.2) is 0 Å². The molecule has 0 unspecified atom stereocenters. The van der Waals surface area contributed by atoms with Crippen LogP contribution in [0.15, 0.2) is 43.4 Å². The van der Waals surface area contributed by atoms with E-state index < -0.39 is 0 Å². The molecule has 0 aromatic carbocycles. The van der Waals surface area contributed by atoms with E-state index >= 15 is 0 Å². The number of pyridine rings is 1. The quantitative estimate of drug-likeness (QED) is 0.629. The summed E-state index contributed by atoms with van der Waals surface area (Å²) in [4.78, 5) is 26.8. The molecule has 1 saturated heterocycles. The fourth-order valence-corrected chi connectivity index (χ4v) is 3.69. The first-order valence-corrected chi connectivity index (χ1v) is 10.1. The molecule has 8 nitrogen and oxygen atoms in total. The van der Waals surface area contributed by atoms with E-state index in [4.69, 9.17) is 9.72 Å². The Morgan fingerprint density at radius 1 is 1.33 bits per heavy atom. The molecule has 1 aliphatic rings. The van der Waals surface area contributed by atoms with Crippen LogP contribution in [0.2, 0.25) is 0 Å². The zero-order valence-electron chi connectivity index (χ0n) is 17.5. The standard InChI is InChI=1S/C22H26N6O2/c1-5-21(29)27-8-6-16(12-27)30-22-17-7-9-28(14(2)3)18(17)11-20(26-22)25-19-10-15(4)23-13-24-19/h5,7,9-11,13-14,16H,1,6,8,12H2,2-4H3,(H,23,24,25,26)/t16-/m0/s1. The molecule has 8 heteroatoms.